The van der Waals surface area contributed by atoms with Crippen molar-refractivity contribution in [2.75, 3.05) is 25.0 Å². The number of phenolic OH excluding ortho intramolecular Hbond substituents is 1. The lowest BCUT2D eigenvalue weighted by molar-refractivity contribution is 0.452. The topological polar surface area (TPSA) is 35.5 Å². The van der Waals surface area contributed by atoms with E-state index in [1.165, 1.54) is 5.69 Å². The number of hydrogen-bond acceptors (Lipinski definition) is 3. The van der Waals surface area contributed by atoms with Crippen molar-refractivity contribution in [3.63, 3.8) is 0 Å². The Morgan fingerprint density at radius 2 is 1.71 bits per heavy atom. The number of nitrogens with zero attached hydrogens (tertiary/aromatic N) is 1. The van der Waals surface area contributed by atoms with Gasteiger partial charge in [-0.15, -0.1) is 0 Å². The second-order valence-electron chi connectivity index (χ2n) is 5.35. The Morgan fingerprint density at radius 3 is 2.43 bits per heavy atom. The molecule has 0 saturated heterocycles. The van der Waals surface area contributed by atoms with Crippen LogP contribution in [0.3, 0.4) is 0 Å². The Morgan fingerprint density at radius 1 is 1.05 bits per heavy atom. The van der Waals surface area contributed by atoms with Crippen LogP contribution in [0, 0.1) is 0 Å². The largest absolute Gasteiger partial charge is 0.508 e. The summed E-state index contributed by atoms with van der Waals surface area (Å²) in [5, 5.41) is 13.3. The van der Waals surface area contributed by atoms with E-state index in [1.54, 1.807) is 6.07 Å². The number of anilines is 1. The molecule has 0 amide bonds. The molecule has 0 radical (unpaired) electrons. The predicted molar refractivity (Wildman–Crippen MR) is 88.9 cm³/mol. The minimum absolute atomic E-state index is 0.160. The summed E-state index contributed by atoms with van der Waals surface area (Å²) in [6.07, 6.45) is 1.06. The van der Waals surface area contributed by atoms with E-state index < -0.39 is 0 Å². The minimum Gasteiger partial charge on any atom is -0.508 e. The second-order valence-corrected chi connectivity index (χ2v) is 5.35. The van der Waals surface area contributed by atoms with E-state index in [1.807, 2.05) is 24.3 Å². The summed E-state index contributed by atoms with van der Waals surface area (Å²) in [5.74, 6) is 0.360. The first-order valence-electron chi connectivity index (χ1n) is 7.46. The molecular weight excluding hydrogens is 260 g/mol. The third-order valence-corrected chi connectivity index (χ3v) is 3.72. The Hall–Kier alpha value is -2.00. The highest BCUT2D eigenvalue weighted by Gasteiger charge is 2.08. The number of aromatic hydroxyl groups is 1. The van der Waals surface area contributed by atoms with Crippen LogP contribution >= 0.6 is 0 Å². The van der Waals surface area contributed by atoms with Gasteiger partial charge in [0.05, 0.1) is 0 Å². The molecule has 0 aliphatic carbocycles. The van der Waals surface area contributed by atoms with Gasteiger partial charge in [-0.2, -0.15) is 0 Å². The highest BCUT2D eigenvalue weighted by Crippen LogP contribution is 2.22. The van der Waals surface area contributed by atoms with Crippen LogP contribution in [0.5, 0.6) is 5.75 Å². The van der Waals surface area contributed by atoms with Gasteiger partial charge < -0.3 is 15.3 Å². The number of phenols is 1. The summed E-state index contributed by atoms with van der Waals surface area (Å²) in [5.41, 5.74) is 2.19. The van der Waals surface area contributed by atoms with Gasteiger partial charge in [0.25, 0.3) is 0 Å². The molecule has 0 aliphatic rings. The van der Waals surface area contributed by atoms with Crippen molar-refractivity contribution in [2.24, 2.45) is 0 Å². The van der Waals surface area contributed by atoms with Crippen LogP contribution in [0.4, 0.5) is 5.69 Å². The fourth-order valence-corrected chi connectivity index (χ4v) is 2.41. The quantitative estimate of drug-likeness (QED) is 0.763. The van der Waals surface area contributed by atoms with E-state index in [-0.39, 0.29) is 6.04 Å². The van der Waals surface area contributed by atoms with Gasteiger partial charge in [0.2, 0.25) is 0 Å². The molecule has 21 heavy (non-hydrogen) atoms. The average molecular weight is 284 g/mol. The Labute approximate surface area is 127 Å². The Balaban J connectivity index is 1.74. The zero-order valence-corrected chi connectivity index (χ0v) is 12.8. The molecule has 3 heteroatoms. The van der Waals surface area contributed by atoms with Crippen LogP contribution in [-0.4, -0.2) is 25.2 Å². The maximum Gasteiger partial charge on any atom is 0.120 e. The average Bonchev–Trinajstić information content (AvgIpc) is 2.52. The number of hydrogen-bond donors (Lipinski definition) is 2. The molecule has 0 bridgehead atoms. The SMILES string of the molecule is CC(NCCCN(C)c1ccccc1)c1ccccc1O. The van der Waals surface area contributed by atoms with Crippen LogP contribution in [0.15, 0.2) is 54.6 Å². The normalized spacial score (nSPS) is 12.1. The van der Waals surface area contributed by atoms with E-state index in [9.17, 15) is 5.11 Å². The van der Waals surface area contributed by atoms with E-state index in [4.69, 9.17) is 0 Å². The maximum absolute atomic E-state index is 9.83. The Kier molecular flexibility index (Phi) is 5.64. The fraction of sp³-hybridized carbons (Fsp3) is 0.333. The predicted octanol–water partition coefficient (Wildman–Crippen LogP) is 3.57. The number of benzene rings is 2. The third kappa shape index (κ3) is 4.50. The van der Waals surface area contributed by atoms with Gasteiger partial charge in [-0.05, 0) is 38.1 Å². The van der Waals surface area contributed by atoms with E-state index in [0.717, 1.165) is 25.1 Å². The standard InChI is InChI=1S/C18H24N2O/c1-15(17-11-6-7-12-18(17)21)19-13-8-14-20(2)16-9-4-3-5-10-16/h3-7,9-12,15,19,21H,8,13-14H2,1-2H3. The number of nitrogens with one attached hydrogen (secondary N) is 1. The van der Waals surface area contributed by atoms with Gasteiger partial charge in [0.15, 0.2) is 0 Å². The van der Waals surface area contributed by atoms with Crippen molar-refractivity contribution in [1.82, 2.24) is 5.32 Å². The summed E-state index contributed by atoms with van der Waals surface area (Å²) in [6, 6.07) is 18.1. The van der Waals surface area contributed by atoms with Gasteiger partial charge in [0.1, 0.15) is 5.75 Å². The summed E-state index contributed by atoms with van der Waals surface area (Å²) < 4.78 is 0. The third-order valence-electron chi connectivity index (χ3n) is 3.72. The number of para-hydroxylation sites is 2. The van der Waals surface area contributed by atoms with Crippen LogP contribution in [-0.2, 0) is 0 Å². The van der Waals surface area contributed by atoms with Gasteiger partial charge >= 0.3 is 0 Å². The highest BCUT2D eigenvalue weighted by atomic mass is 16.3. The molecule has 2 aromatic carbocycles. The van der Waals surface area contributed by atoms with Gasteiger partial charge in [-0.1, -0.05) is 36.4 Å². The maximum atomic E-state index is 9.83. The fourth-order valence-electron chi connectivity index (χ4n) is 2.41. The van der Waals surface area contributed by atoms with Crippen molar-refractivity contribution in [3.8, 4) is 5.75 Å². The van der Waals surface area contributed by atoms with Crippen LogP contribution < -0.4 is 10.2 Å². The Bertz CT molecular complexity index is 542. The van der Waals surface area contributed by atoms with Crippen molar-refractivity contribution in [1.29, 1.82) is 0 Å². The molecule has 3 nitrogen and oxygen atoms in total. The summed E-state index contributed by atoms with van der Waals surface area (Å²) in [7, 11) is 2.11. The first-order valence-corrected chi connectivity index (χ1v) is 7.46. The van der Waals surface area contributed by atoms with E-state index in [0.29, 0.717) is 5.75 Å². The lowest BCUT2D eigenvalue weighted by atomic mass is 10.1. The van der Waals surface area contributed by atoms with Gasteiger partial charge in [-0.25, -0.2) is 0 Å². The molecular formula is C18H24N2O. The molecule has 1 atom stereocenters. The van der Waals surface area contributed by atoms with Crippen LogP contribution in [0.25, 0.3) is 0 Å². The first-order chi connectivity index (χ1) is 10.2. The monoisotopic (exact) mass is 284 g/mol. The first kappa shape index (κ1) is 15.4. The smallest absolute Gasteiger partial charge is 0.120 e. The zero-order chi connectivity index (χ0) is 15.1. The lowest BCUT2D eigenvalue weighted by Gasteiger charge is -2.20. The van der Waals surface area contributed by atoms with E-state index >= 15 is 0 Å². The second kappa shape index (κ2) is 7.70. The minimum atomic E-state index is 0.160. The summed E-state index contributed by atoms with van der Waals surface area (Å²) in [6.45, 7) is 4.01. The van der Waals surface area contributed by atoms with Crippen molar-refractivity contribution in [3.05, 3.63) is 60.2 Å². The van der Waals surface area contributed by atoms with Crippen LogP contribution in [0.2, 0.25) is 0 Å². The zero-order valence-electron chi connectivity index (χ0n) is 12.8. The van der Waals surface area contributed by atoms with Crippen molar-refractivity contribution >= 4 is 5.69 Å². The number of rotatable bonds is 7. The highest BCUT2D eigenvalue weighted by molar-refractivity contribution is 5.44. The molecule has 2 aromatic rings. The molecule has 0 aromatic heterocycles. The molecule has 0 heterocycles. The molecule has 0 fully saturated rings. The van der Waals surface area contributed by atoms with Crippen molar-refractivity contribution < 1.29 is 5.11 Å². The van der Waals surface area contributed by atoms with Crippen molar-refractivity contribution in [2.45, 2.75) is 19.4 Å². The summed E-state index contributed by atoms with van der Waals surface area (Å²) in [4.78, 5) is 2.26. The molecule has 2 rings (SSSR count). The van der Waals surface area contributed by atoms with Gasteiger partial charge in [-0.3, -0.25) is 0 Å². The molecule has 2 N–H and O–H groups in total. The molecule has 1 unspecified atom stereocenters. The molecule has 0 aliphatic heterocycles. The summed E-state index contributed by atoms with van der Waals surface area (Å²) >= 11 is 0. The lowest BCUT2D eigenvalue weighted by Crippen LogP contribution is -2.25. The van der Waals surface area contributed by atoms with E-state index in [2.05, 4.69) is 48.5 Å². The van der Waals surface area contributed by atoms with Gasteiger partial charge in [0, 0.05) is 30.9 Å². The molecule has 112 valence electrons. The van der Waals surface area contributed by atoms with Crippen LogP contribution in [0.1, 0.15) is 24.9 Å². The molecule has 0 spiro atoms. The molecule has 0 saturated carbocycles.